The van der Waals surface area contributed by atoms with E-state index in [-0.39, 0.29) is 0 Å². The minimum absolute atomic E-state index is 0.437. The van der Waals surface area contributed by atoms with Crippen molar-refractivity contribution in [3.05, 3.63) is 40.2 Å². The fourth-order valence-corrected chi connectivity index (χ4v) is 3.44. The second-order valence-electron chi connectivity index (χ2n) is 4.88. The van der Waals surface area contributed by atoms with Crippen LogP contribution in [-0.4, -0.2) is 21.0 Å². The topological polar surface area (TPSA) is 75.1 Å². The lowest BCUT2D eigenvalue weighted by Crippen LogP contribution is -2.09. The van der Waals surface area contributed by atoms with Crippen molar-refractivity contribution < 1.29 is 9.90 Å². The Morgan fingerprint density at radius 2 is 2.45 bits per heavy atom. The molecule has 0 radical (unpaired) electrons. The van der Waals surface area contributed by atoms with E-state index in [2.05, 4.69) is 15.3 Å². The zero-order valence-corrected chi connectivity index (χ0v) is 11.9. The molecule has 0 saturated heterocycles. The van der Waals surface area contributed by atoms with E-state index in [9.17, 15) is 4.79 Å². The van der Waals surface area contributed by atoms with Crippen LogP contribution in [0.5, 0.6) is 0 Å². The number of hydrogen-bond donors (Lipinski definition) is 2. The minimum atomic E-state index is -0.777. The van der Waals surface area contributed by atoms with Crippen LogP contribution in [0.1, 0.15) is 34.2 Å². The Morgan fingerprint density at radius 1 is 1.60 bits per heavy atom. The van der Waals surface area contributed by atoms with Gasteiger partial charge < -0.3 is 10.4 Å². The average molecular weight is 289 g/mol. The maximum Gasteiger partial charge on any atom is 0.312 e. The zero-order chi connectivity index (χ0) is 14.1. The molecule has 3 rings (SSSR count). The van der Waals surface area contributed by atoms with Gasteiger partial charge in [0, 0.05) is 11.1 Å². The minimum Gasteiger partial charge on any atom is -0.481 e. The van der Waals surface area contributed by atoms with E-state index in [0.29, 0.717) is 13.0 Å². The Kier molecular flexibility index (Phi) is 3.40. The molecule has 104 valence electrons. The summed E-state index contributed by atoms with van der Waals surface area (Å²) in [5.41, 5.74) is 2.85. The lowest BCUT2D eigenvalue weighted by atomic mass is 10.1. The number of carboxylic acid groups (broad SMARTS) is 1. The monoisotopic (exact) mass is 289 g/mol. The number of thiazole rings is 1. The Bertz CT molecular complexity index is 654. The maximum absolute atomic E-state index is 11.1. The van der Waals surface area contributed by atoms with Crippen LogP contribution in [0.3, 0.4) is 0 Å². The van der Waals surface area contributed by atoms with Gasteiger partial charge in [0.1, 0.15) is 5.92 Å². The highest BCUT2D eigenvalue weighted by Gasteiger charge is 2.32. The molecule has 0 fully saturated rings. The van der Waals surface area contributed by atoms with Crippen LogP contribution < -0.4 is 5.32 Å². The first-order chi connectivity index (χ1) is 9.65. The van der Waals surface area contributed by atoms with Crippen molar-refractivity contribution >= 4 is 22.4 Å². The standard InChI is InChI=1S/C14H15N3O2S/c1-8-3-2-6-15-10(8)7-16-14-17-12-9(13(18)19)4-5-11(12)20-14/h2-3,6,9H,4-5,7H2,1H3,(H,16,17)(H,18,19). The summed E-state index contributed by atoms with van der Waals surface area (Å²) in [5.74, 6) is -1.21. The van der Waals surface area contributed by atoms with Gasteiger partial charge in [-0.2, -0.15) is 0 Å². The second-order valence-corrected chi connectivity index (χ2v) is 5.96. The van der Waals surface area contributed by atoms with Crippen molar-refractivity contribution in [3.63, 3.8) is 0 Å². The zero-order valence-electron chi connectivity index (χ0n) is 11.1. The number of aliphatic carboxylic acids is 1. The van der Waals surface area contributed by atoms with Crippen molar-refractivity contribution in [2.45, 2.75) is 32.2 Å². The highest BCUT2D eigenvalue weighted by molar-refractivity contribution is 7.15. The summed E-state index contributed by atoms with van der Waals surface area (Å²) in [6, 6.07) is 3.93. The van der Waals surface area contributed by atoms with Gasteiger partial charge in [0.2, 0.25) is 0 Å². The van der Waals surface area contributed by atoms with Crippen LogP contribution in [0.15, 0.2) is 18.3 Å². The molecule has 0 aliphatic heterocycles. The van der Waals surface area contributed by atoms with Gasteiger partial charge in [-0.15, -0.1) is 11.3 Å². The molecule has 0 amide bonds. The van der Waals surface area contributed by atoms with Crippen molar-refractivity contribution in [2.24, 2.45) is 0 Å². The van der Waals surface area contributed by atoms with Gasteiger partial charge in [-0.25, -0.2) is 4.98 Å². The molecule has 1 atom stereocenters. The molecule has 6 heteroatoms. The van der Waals surface area contributed by atoms with E-state index in [1.54, 1.807) is 17.5 Å². The first-order valence-electron chi connectivity index (χ1n) is 6.52. The molecule has 20 heavy (non-hydrogen) atoms. The molecule has 1 unspecified atom stereocenters. The molecular weight excluding hydrogens is 274 g/mol. The molecule has 0 bridgehead atoms. The summed E-state index contributed by atoms with van der Waals surface area (Å²) in [6.07, 6.45) is 3.25. The number of nitrogens with one attached hydrogen (secondary N) is 1. The highest BCUT2D eigenvalue weighted by atomic mass is 32.1. The van der Waals surface area contributed by atoms with E-state index in [4.69, 9.17) is 5.11 Å². The van der Waals surface area contributed by atoms with Crippen molar-refractivity contribution in [1.29, 1.82) is 0 Å². The Labute approximate surface area is 120 Å². The van der Waals surface area contributed by atoms with Crippen LogP contribution in [0, 0.1) is 6.92 Å². The highest BCUT2D eigenvalue weighted by Crippen LogP contribution is 2.38. The van der Waals surface area contributed by atoms with Gasteiger partial charge in [0.25, 0.3) is 0 Å². The third-order valence-electron chi connectivity index (χ3n) is 3.54. The lowest BCUT2D eigenvalue weighted by molar-refractivity contribution is -0.138. The molecule has 2 heterocycles. The van der Waals surface area contributed by atoms with Gasteiger partial charge in [0.05, 0.1) is 17.9 Å². The van der Waals surface area contributed by atoms with Crippen LogP contribution >= 0.6 is 11.3 Å². The Hall–Kier alpha value is -1.95. The van der Waals surface area contributed by atoms with Gasteiger partial charge in [-0.05, 0) is 31.4 Å². The van der Waals surface area contributed by atoms with Gasteiger partial charge in [-0.3, -0.25) is 9.78 Å². The molecule has 5 nitrogen and oxygen atoms in total. The van der Waals surface area contributed by atoms with Gasteiger partial charge >= 0.3 is 5.97 Å². The van der Waals surface area contributed by atoms with Crippen molar-refractivity contribution in [3.8, 4) is 0 Å². The lowest BCUT2D eigenvalue weighted by Gasteiger charge is -2.05. The molecule has 0 saturated carbocycles. The molecule has 1 aliphatic carbocycles. The molecule has 0 aromatic carbocycles. The van der Waals surface area contributed by atoms with E-state index in [0.717, 1.165) is 33.4 Å². The number of hydrogen-bond acceptors (Lipinski definition) is 5. The van der Waals surface area contributed by atoms with Gasteiger partial charge in [-0.1, -0.05) is 6.07 Å². The number of aromatic nitrogens is 2. The Morgan fingerprint density at radius 3 is 3.20 bits per heavy atom. The van der Waals surface area contributed by atoms with Crippen molar-refractivity contribution in [2.75, 3.05) is 5.32 Å². The quantitative estimate of drug-likeness (QED) is 0.904. The predicted molar refractivity (Wildman–Crippen MR) is 77.1 cm³/mol. The molecule has 2 aromatic heterocycles. The first-order valence-corrected chi connectivity index (χ1v) is 7.33. The SMILES string of the molecule is Cc1cccnc1CNc1nc2c(s1)CCC2C(=O)O. The summed E-state index contributed by atoms with van der Waals surface area (Å²) in [5, 5.41) is 13.2. The number of aryl methyl sites for hydroxylation is 2. The van der Waals surface area contributed by atoms with Crippen LogP contribution in [0.2, 0.25) is 0 Å². The summed E-state index contributed by atoms with van der Waals surface area (Å²) < 4.78 is 0. The fourth-order valence-electron chi connectivity index (χ4n) is 2.41. The summed E-state index contributed by atoms with van der Waals surface area (Å²) in [6.45, 7) is 2.63. The fraction of sp³-hybridized carbons (Fsp3) is 0.357. The van der Waals surface area contributed by atoms with Crippen LogP contribution in [0.4, 0.5) is 5.13 Å². The van der Waals surface area contributed by atoms with Crippen molar-refractivity contribution in [1.82, 2.24) is 9.97 Å². The maximum atomic E-state index is 11.1. The van der Waals surface area contributed by atoms with E-state index in [1.165, 1.54) is 0 Å². The van der Waals surface area contributed by atoms with E-state index >= 15 is 0 Å². The molecule has 2 N–H and O–H groups in total. The first kappa shape index (κ1) is 13.1. The number of carboxylic acids is 1. The van der Waals surface area contributed by atoms with Crippen LogP contribution in [-0.2, 0) is 17.8 Å². The molecular formula is C14H15N3O2S. The largest absolute Gasteiger partial charge is 0.481 e. The molecule has 1 aliphatic rings. The van der Waals surface area contributed by atoms with Gasteiger partial charge in [0.15, 0.2) is 5.13 Å². The number of nitrogens with zero attached hydrogens (tertiary/aromatic N) is 2. The number of pyridine rings is 1. The number of carbonyl (C=O) groups is 1. The van der Waals surface area contributed by atoms with Crippen LogP contribution in [0.25, 0.3) is 0 Å². The smallest absolute Gasteiger partial charge is 0.312 e. The number of rotatable bonds is 4. The number of fused-ring (bicyclic) bond motifs is 1. The normalized spacial score (nSPS) is 16.9. The summed E-state index contributed by atoms with van der Waals surface area (Å²) in [7, 11) is 0. The second kappa shape index (κ2) is 5.20. The van der Waals surface area contributed by atoms with E-state index < -0.39 is 11.9 Å². The molecule has 2 aromatic rings. The predicted octanol–water partition coefficient (Wildman–Crippen LogP) is 2.57. The number of anilines is 1. The third-order valence-corrected chi connectivity index (χ3v) is 4.63. The molecule has 0 spiro atoms. The van der Waals surface area contributed by atoms with E-state index in [1.807, 2.05) is 19.1 Å². The third kappa shape index (κ3) is 2.38. The Balaban J connectivity index is 1.73. The average Bonchev–Trinajstić information content (AvgIpc) is 2.96. The summed E-state index contributed by atoms with van der Waals surface area (Å²) in [4.78, 5) is 21.0. The summed E-state index contributed by atoms with van der Waals surface area (Å²) >= 11 is 1.55.